The molecule has 20 heavy (non-hydrogen) atoms. The van der Waals surface area contributed by atoms with Gasteiger partial charge in [0.15, 0.2) is 5.75 Å². The summed E-state index contributed by atoms with van der Waals surface area (Å²) in [4.78, 5) is 26.3. The molecule has 1 aromatic heterocycles. The van der Waals surface area contributed by atoms with Gasteiger partial charge in [0.25, 0.3) is 0 Å². The molecule has 102 valence electrons. The van der Waals surface area contributed by atoms with E-state index in [9.17, 15) is 9.59 Å². The van der Waals surface area contributed by atoms with Crippen molar-refractivity contribution in [3.05, 3.63) is 46.2 Å². The number of esters is 1. The van der Waals surface area contributed by atoms with Crippen LogP contribution in [-0.4, -0.2) is 23.8 Å². The molecular formula is C14H10ClNO4. The summed E-state index contributed by atoms with van der Waals surface area (Å²) in [6.07, 6.45) is 0.159. The average molecular weight is 292 g/mol. The van der Waals surface area contributed by atoms with Crippen LogP contribution < -0.4 is 9.47 Å². The largest absolute Gasteiger partial charge is 0.495 e. The van der Waals surface area contributed by atoms with Gasteiger partial charge in [-0.25, -0.2) is 0 Å². The molecule has 6 heteroatoms. The van der Waals surface area contributed by atoms with Gasteiger partial charge in [0.1, 0.15) is 5.75 Å². The van der Waals surface area contributed by atoms with E-state index in [1.807, 2.05) is 0 Å². The van der Waals surface area contributed by atoms with Gasteiger partial charge in [-0.3, -0.25) is 9.59 Å². The molecule has 0 atom stereocenters. The molecule has 0 aliphatic carbocycles. The van der Waals surface area contributed by atoms with E-state index in [4.69, 9.17) is 21.1 Å². The van der Waals surface area contributed by atoms with Crippen molar-refractivity contribution in [3.8, 4) is 11.5 Å². The molecule has 2 heterocycles. The Bertz CT molecular complexity index is 694. The van der Waals surface area contributed by atoms with E-state index >= 15 is 0 Å². The molecule has 0 bridgehead atoms. The normalized spacial score (nSPS) is 13.0. The lowest BCUT2D eigenvalue weighted by Crippen LogP contribution is -2.05. The zero-order valence-electron chi connectivity index (χ0n) is 10.5. The number of ether oxygens (including phenoxy) is 2. The topological polar surface area (TPSA) is 68.4 Å². The fourth-order valence-corrected chi connectivity index (χ4v) is 2.35. The third-order valence-electron chi connectivity index (χ3n) is 3.06. The van der Waals surface area contributed by atoms with Crippen molar-refractivity contribution < 1.29 is 19.1 Å². The molecule has 1 aliphatic rings. The van der Waals surface area contributed by atoms with Crippen LogP contribution in [0.4, 0.5) is 0 Å². The third-order valence-corrected chi connectivity index (χ3v) is 3.36. The first-order chi connectivity index (χ1) is 9.58. The highest BCUT2D eigenvalue weighted by Gasteiger charge is 2.25. The van der Waals surface area contributed by atoms with E-state index in [1.165, 1.54) is 13.2 Å². The van der Waals surface area contributed by atoms with Crippen LogP contribution in [0.25, 0.3) is 0 Å². The second-order valence-corrected chi connectivity index (χ2v) is 4.76. The highest BCUT2D eigenvalue weighted by molar-refractivity contribution is 6.32. The van der Waals surface area contributed by atoms with Crippen LogP contribution in [-0.2, 0) is 11.2 Å². The number of rotatable bonds is 3. The maximum Gasteiger partial charge on any atom is 0.317 e. The van der Waals surface area contributed by atoms with Gasteiger partial charge in [-0.2, -0.15) is 0 Å². The van der Waals surface area contributed by atoms with Gasteiger partial charge < -0.3 is 14.5 Å². The number of carbonyl (C=O) groups excluding carboxylic acids is 2. The predicted octanol–water partition coefficient (Wildman–Crippen LogP) is 2.37. The van der Waals surface area contributed by atoms with Crippen LogP contribution in [0.5, 0.6) is 11.5 Å². The Kier molecular flexibility index (Phi) is 2.99. The minimum atomic E-state index is -0.322. The van der Waals surface area contributed by atoms with Gasteiger partial charge in [-0.15, -0.1) is 0 Å². The number of ketones is 1. The zero-order chi connectivity index (χ0) is 14.3. The Labute approximate surface area is 119 Å². The average Bonchev–Trinajstić information content (AvgIpc) is 2.94. The molecule has 0 radical (unpaired) electrons. The Morgan fingerprint density at radius 1 is 1.40 bits per heavy atom. The number of aromatic amines is 1. The van der Waals surface area contributed by atoms with E-state index in [1.54, 1.807) is 18.2 Å². The molecule has 0 amide bonds. The summed E-state index contributed by atoms with van der Waals surface area (Å²) in [7, 11) is 1.51. The summed E-state index contributed by atoms with van der Waals surface area (Å²) in [5.41, 5.74) is 1.42. The van der Waals surface area contributed by atoms with Gasteiger partial charge in [0.05, 0.1) is 29.9 Å². The van der Waals surface area contributed by atoms with E-state index < -0.39 is 0 Å². The van der Waals surface area contributed by atoms with Gasteiger partial charge >= 0.3 is 5.97 Å². The molecule has 1 aliphatic heterocycles. The second kappa shape index (κ2) is 4.68. The fourth-order valence-electron chi connectivity index (χ4n) is 2.09. The number of aromatic nitrogens is 1. The first kappa shape index (κ1) is 12.7. The summed E-state index contributed by atoms with van der Waals surface area (Å²) >= 11 is 6.00. The SMILES string of the molecule is COc1ccc(C(=O)c2cc3c([nH]2)CC(=O)O3)cc1Cl. The van der Waals surface area contributed by atoms with E-state index in [-0.39, 0.29) is 18.2 Å². The maximum absolute atomic E-state index is 12.3. The van der Waals surface area contributed by atoms with Crippen molar-refractivity contribution in [2.75, 3.05) is 7.11 Å². The first-order valence-corrected chi connectivity index (χ1v) is 6.27. The number of H-pyrrole nitrogens is 1. The summed E-state index contributed by atoms with van der Waals surface area (Å²) in [5, 5.41) is 0.365. The number of carbonyl (C=O) groups is 2. The van der Waals surface area contributed by atoms with Crippen LogP contribution in [0, 0.1) is 0 Å². The standard InChI is InChI=1S/C14H10ClNO4/c1-19-11-3-2-7(4-8(11)15)14(18)10-5-12-9(16-10)6-13(17)20-12/h2-5,16H,6H2,1H3. The lowest BCUT2D eigenvalue weighted by atomic mass is 10.1. The molecule has 2 aromatic rings. The monoisotopic (exact) mass is 291 g/mol. The van der Waals surface area contributed by atoms with Crippen molar-refractivity contribution in [2.45, 2.75) is 6.42 Å². The summed E-state index contributed by atoms with van der Waals surface area (Å²) in [6, 6.07) is 6.33. The van der Waals surface area contributed by atoms with Crippen LogP contribution in [0.15, 0.2) is 24.3 Å². The number of methoxy groups -OCH3 is 1. The molecule has 0 spiro atoms. The number of hydrogen-bond acceptors (Lipinski definition) is 4. The molecule has 0 saturated carbocycles. The zero-order valence-corrected chi connectivity index (χ0v) is 11.3. The van der Waals surface area contributed by atoms with Crippen molar-refractivity contribution >= 4 is 23.4 Å². The lowest BCUT2D eigenvalue weighted by molar-refractivity contribution is -0.131. The van der Waals surface area contributed by atoms with Gasteiger partial charge in [-0.1, -0.05) is 11.6 Å². The number of hydrogen-bond donors (Lipinski definition) is 1. The smallest absolute Gasteiger partial charge is 0.317 e. The van der Waals surface area contributed by atoms with E-state index in [0.717, 1.165) is 0 Å². The quantitative estimate of drug-likeness (QED) is 0.696. The predicted molar refractivity (Wildman–Crippen MR) is 71.6 cm³/mol. The Hall–Kier alpha value is -2.27. The van der Waals surface area contributed by atoms with Gasteiger partial charge in [-0.05, 0) is 18.2 Å². The molecule has 3 rings (SSSR count). The molecule has 5 nitrogen and oxygen atoms in total. The third kappa shape index (κ3) is 2.06. The van der Waals surface area contributed by atoms with Crippen molar-refractivity contribution in [3.63, 3.8) is 0 Å². The van der Waals surface area contributed by atoms with Gasteiger partial charge in [0, 0.05) is 11.6 Å². The van der Waals surface area contributed by atoms with Crippen molar-refractivity contribution in [2.24, 2.45) is 0 Å². The number of halogens is 1. The van der Waals surface area contributed by atoms with Crippen molar-refractivity contribution in [1.82, 2.24) is 4.98 Å². The summed E-state index contributed by atoms with van der Waals surface area (Å²) in [6.45, 7) is 0. The molecule has 1 aromatic carbocycles. The maximum atomic E-state index is 12.3. The lowest BCUT2D eigenvalue weighted by Gasteiger charge is -2.04. The minimum Gasteiger partial charge on any atom is -0.495 e. The second-order valence-electron chi connectivity index (χ2n) is 4.36. The van der Waals surface area contributed by atoms with Crippen LogP contribution in [0.1, 0.15) is 21.7 Å². The Morgan fingerprint density at radius 3 is 2.85 bits per heavy atom. The molecule has 0 unspecified atom stereocenters. The van der Waals surface area contributed by atoms with Crippen LogP contribution >= 0.6 is 11.6 Å². The van der Waals surface area contributed by atoms with Gasteiger partial charge in [0.2, 0.25) is 5.78 Å². The van der Waals surface area contributed by atoms with E-state index in [0.29, 0.717) is 33.5 Å². The summed E-state index contributed by atoms with van der Waals surface area (Å²) in [5.74, 6) is 0.377. The fraction of sp³-hybridized carbons (Fsp3) is 0.143. The molecule has 0 fully saturated rings. The van der Waals surface area contributed by atoms with E-state index in [2.05, 4.69) is 4.98 Å². The number of fused-ring (bicyclic) bond motifs is 1. The molecule has 0 saturated heterocycles. The Morgan fingerprint density at radius 2 is 2.20 bits per heavy atom. The Balaban J connectivity index is 1.91. The highest BCUT2D eigenvalue weighted by atomic mass is 35.5. The number of benzene rings is 1. The minimum absolute atomic E-state index is 0.159. The number of nitrogens with one attached hydrogen (secondary N) is 1. The molecule has 1 N–H and O–H groups in total. The first-order valence-electron chi connectivity index (χ1n) is 5.89. The molecular weight excluding hydrogens is 282 g/mol. The highest BCUT2D eigenvalue weighted by Crippen LogP contribution is 2.29. The van der Waals surface area contributed by atoms with Crippen LogP contribution in [0.2, 0.25) is 5.02 Å². The van der Waals surface area contributed by atoms with Crippen molar-refractivity contribution in [1.29, 1.82) is 0 Å². The summed E-state index contributed by atoms with van der Waals surface area (Å²) < 4.78 is 10.0. The van der Waals surface area contributed by atoms with Crippen LogP contribution in [0.3, 0.4) is 0 Å².